The van der Waals surface area contributed by atoms with Gasteiger partial charge in [0.2, 0.25) is 5.91 Å². The van der Waals surface area contributed by atoms with Gasteiger partial charge in [-0.25, -0.2) is 13.8 Å². The molecule has 0 bridgehead atoms. The second-order valence-electron chi connectivity index (χ2n) is 10.7. The summed E-state index contributed by atoms with van der Waals surface area (Å²) in [6.45, 7) is 3.81. The quantitative estimate of drug-likeness (QED) is 0.276. The SMILES string of the molecule is COC1CCC(n2c(C3CCCC(=O)N3c3ccc(F)c(F)c3)nc3cc(-c4c(C)noc4C)ccc32)CC1. The third-order valence-corrected chi connectivity index (χ3v) is 8.31. The number of fused-ring (bicyclic) bond motifs is 1. The van der Waals surface area contributed by atoms with E-state index in [0.717, 1.165) is 77.3 Å². The number of carbonyl (C=O) groups excluding carboxylic acids is 1. The van der Waals surface area contributed by atoms with E-state index in [2.05, 4.69) is 27.9 Å². The lowest BCUT2D eigenvalue weighted by atomic mass is 9.91. The third-order valence-electron chi connectivity index (χ3n) is 8.31. The van der Waals surface area contributed by atoms with E-state index < -0.39 is 17.7 Å². The molecule has 4 aromatic rings. The number of hydrogen-bond donors (Lipinski definition) is 0. The van der Waals surface area contributed by atoms with Crippen LogP contribution in [0.15, 0.2) is 40.9 Å². The first kappa shape index (κ1) is 25.7. The number of hydrogen-bond acceptors (Lipinski definition) is 5. The second kappa shape index (κ2) is 10.2. The molecule has 39 heavy (non-hydrogen) atoms. The fourth-order valence-corrected chi connectivity index (χ4v) is 6.40. The van der Waals surface area contributed by atoms with Gasteiger partial charge in [0.15, 0.2) is 11.6 Å². The molecule has 0 N–H and O–H groups in total. The normalized spacial score (nSPS) is 22.1. The fourth-order valence-electron chi connectivity index (χ4n) is 6.40. The Morgan fingerprint density at radius 1 is 1.00 bits per heavy atom. The Kier molecular flexibility index (Phi) is 6.71. The molecule has 7 nitrogen and oxygen atoms in total. The summed E-state index contributed by atoms with van der Waals surface area (Å²) in [5, 5.41) is 4.11. The van der Waals surface area contributed by atoms with Crippen molar-refractivity contribution >= 4 is 22.6 Å². The number of anilines is 1. The first-order valence-corrected chi connectivity index (χ1v) is 13.6. The molecule has 2 aromatic carbocycles. The van der Waals surface area contributed by atoms with Gasteiger partial charge in [-0.2, -0.15) is 0 Å². The van der Waals surface area contributed by atoms with Crippen LogP contribution in [0, 0.1) is 25.5 Å². The number of nitrogens with zero attached hydrogens (tertiary/aromatic N) is 4. The summed E-state index contributed by atoms with van der Waals surface area (Å²) in [6.07, 6.45) is 5.70. The van der Waals surface area contributed by atoms with Gasteiger partial charge in [0, 0.05) is 36.9 Å². The summed E-state index contributed by atoms with van der Waals surface area (Å²) in [6, 6.07) is 9.65. The van der Waals surface area contributed by atoms with Crippen molar-refractivity contribution in [2.75, 3.05) is 12.0 Å². The molecule has 1 saturated carbocycles. The molecule has 3 heterocycles. The Hall–Kier alpha value is -3.59. The predicted octanol–water partition coefficient (Wildman–Crippen LogP) is 6.97. The summed E-state index contributed by atoms with van der Waals surface area (Å²) in [5.74, 6) is -0.504. The summed E-state index contributed by atoms with van der Waals surface area (Å²) in [7, 11) is 1.76. The van der Waals surface area contributed by atoms with Crippen molar-refractivity contribution < 1.29 is 22.8 Å². The number of rotatable bonds is 5. The van der Waals surface area contributed by atoms with E-state index in [9.17, 15) is 13.6 Å². The molecule has 0 radical (unpaired) electrons. The zero-order valence-electron chi connectivity index (χ0n) is 22.4. The maximum absolute atomic E-state index is 14.3. The predicted molar refractivity (Wildman–Crippen MR) is 143 cm³/mol. The Morgan fingerprint density at radius 3 is 2.49 bits per heavy atom. The van der Waals surface area contributed by atoms with Gasteiger partial charge in [0.05, 0.1) is 28.9 Å². The van der Waals surface area contributed by atoms with Gasteiger partial charge in [-0.3, -0.25) is 4.79 Å². The van der Waals surface area contributed by atoms with Crippen LogP contribution in [0.5, 0.6) is 0 Å². The highest BCUT2D eigenvalue weighted by atomic mass is 19.2. The molecular weight excluding hydrogens is 502 g/mol. The van der Waals surface area contributed by atoms with Gasteiger partial charge in [0.25, 0.3) is 0 Å². The Morgan fingerprint density at radius 2 is 1.79 bits per heavy atom. The molecule has 2 aliphatic rings. The van der Waals surface area contributed by atoms with Crippen LogP contribution in [0.4, 0.5) is 14.5 Å². The minimum absolute atomic E-state index is 0.115. The third kappa shape index (κ3) is 4.52. The topological polar surface area (TPSA) is 73.4 Å². The molecule has 1 aliphatic carbocycles. The van der Waals surface area contributed by atoms with Crippen LogP contribution in [0.3, 0.4) is 0 Å². The largest absolute Gasteiger partial charge is 0.381 e. The van der Waals surface area contributed by atoms with Crippen LogP contribution in [0.1, 0.15) is 74.3 Å². The van der Waals surface area contributed by atoms with E-state index in [-0.39, 0.29) is 18.1 Å². The minimum atomic E-state index is -0.972. The van der Waals surface area contributed by atoms with E-state index in [1.54, 1.807) is 12.0 Å². The van der Waals surface area contributed by atoms with Crippen molar-refractivity contribution in [3.05, 3.63) is 65.3 Å². The standard InChI is InChI=1S/C30H32F2N4O3/c1-17-29(18(2)39-34-17)19-7-14-26-25(15-19)33-30(36(26)20-8-11-22(38-3)12-9-20)27-5-4-6-28(37)35(27)21-10-13-23(31)24(32)16-21/h7,10,13-16,20,22,27H,4-6,8-9,11-12H2,1-3H3. The highest BCUT2D eigenvalue weighted by molar-refractivity contribution is 5.95. The van der Waals surface area contributed by atoms with E-state index in [1.807, 2.05) is 13.8 Å². The number of carbonyl (C=O) groups is 1. The van der Waals surface area contributed by atoms with Crippen molar-refractivity contribution in [1.82, 2.24) is 14.7 Å². The van der Waals surface area contributed by atoms with Gasteiger partial charge < -0.3 is 18.7 Å². The molecule has 1 amide bonds. The van der Waals surface area contributed by atoms with Crippen molar-refractivity contribution in [3.63, 3.8) is 0 Å². The number of imidazole rings is 1. The van der Waals surface area contributed by atoms with Gasteiger partial charge in [-0.05, 0) is 82.2 Å². The number of aryl methyl sites for hydroxylation is 2. The molecule has 9 heteroatoms. The molecule has 6 rings (SSSR count). The average Bonchev–Trinajstić information content (AvgIpc) is 3.48. The maximum Gasteiger partial charge on any atom is 0.227 e. The summed E-state index contributed by atoms with van der Waals surface area (Å²) in [5.41, 5.74) is 4.89. The first-order valence-electron chi connectivity index (χ1n) is 13.6. The highest BCUT2D eigenvalue weighted by Gasteiger charge is 2.36. The highest BCUT2D eigenvalue weighted by Crippen LogP contribution is 2.42. The fraction of sp³-hybridized carbons (Fsp3) is 0.433. The smallest absolute Gasteiger partial charge is 0.227 e. The average molecular weight is 535 g/mol. The molecule has 2 aromatic heterocycles. The zero-order chi connectivity index (χ0) is 27.3. The number of amides is 1. The molecule has 1 aliphatic heterocycles. The Labute approximate surface area is 225 Å². The van der Waals surface area contributed by atoms with Crippen LogP contribution in [-0.4, -0.2) is 33.8 Å². The van der Waals surface area contributed by atoms with Gasteiger partial charge in [0.1, 0.15) is 11.6 Å². The minimum Gasteiger partial charge on any atom is -0.381 e. The molecular formula is C30H32F2N4O3. The molecule has 204 valence electrons. The summed E-state index contributed by atoms with van der Waals surface area (Å²) < 4.78 is 41.4. The summed E-state index contributed by atoms with van der Waals surface area (Å²) in [4.78, 5) is 20.0. The monoisotopic (exact) mass is 534 g/mol. The lowest BCUT2D eigenvalue weighted by Crippen LogP contribution is -2.40. The van der Waals surface area contributed by atoms with E-state index in [1.165, 1.54) is 6.07 Å². The Balaban J connectivity index is 1.50. The maximum atomic E-state index is 14.3. The second-order valence-corrected chi connectivity index (χ2v) is 10.7. The number of piperidine rings is 1. The van der Waals surface area contributed by atoms with Crippen molar-refractivity contribution in [2.24, 2.45) is 0 Å². The molecule has 1 unspecified atom stereocenters. The lowest BCUT2D eigenvalue weighted by Gasteiger charge is -2.37. The zero-order valence-corrected chi connectivity index (χ0v) is 22.4. The molecule has 2 fully saturated rings. The Bertz CT molecular complexity index is 1520. The first-order chi connectivity index (χ1) is 18.9. The van der Waals surface area contributed by atoms with Crippen molar-refractivity contribution in [1.29, 1.82) is 0 Å². The number of ether oxygens (including phenoxy) is 1. The van der Waals surface area contributed by atoms with Gasteiger partial charge >= 0.3 is 0 Å². The van der Waals surface area contributed by atoms with E-state index in [4.69, 9.17) is 14.2 Å². The van der Waals surface area contributed by atoms with E-state index >= 15 is 0 Å². The van der Waals surface area contributed by atoms with E-state index in [0.29, 0.717) is 24.9 Å². The summed E-state index contributed by atoms with van der Waals surface area (Å²) >= 11 is 0. The van der Waals surface area contributed by atoms with Gasteiger partial charge in [-0.15, -0.1) is 0 Å². The number of benzene rings is 2. The molecule has 1 atom stereocenters. The number of methoxy groups -OCH3 is 1. The van der Waals surface area contributed by atoms with Crippen LogP contribution < -0.4 is 4.90 Å². The molecule has 1 saturated heterocycles. The number of halogens is 2. The lowest BCUT2D eigenvalue weighted by molar-refractivity contribution is -0.120. The van der Waals surface area contributed by atoms with Crippen molar-refractivity contribution in [3.8, 4) is 11.1 Å². The van der Waals surface area contributed by atoms with Crippen LogP contribution in [0.25, 0.3) is 22.2 Å². The van der Waals surface area contributed by atoms with Crippen molar-refractivity contribution in [2.45, 2.75) is 77.0 Å². The van der Waals surface area contributed by atoms with Crippen LogP contribution in [0.2, 0.25) is 0 Å². The van der Waals surface area contributed by atoms with Gasteiger partial charge in [-0.1, -0.05) is 11.2 Å². The van der Waals surface area contributed by atoms with Crippen LogP contribution in [-0.2, 0) is 9.53 Å². The number of aromatic nitrogens is 3. The molecule has 0 spiro atoms. The van der Waals surface area contributed by atoms with Crippen LogP contribution >= 0.6 is 0 Å².